The number of carbonyl (C=O) groups excluding carboxylic acids is 2. The van der Waals surface area contributed by atoms with Gasteiger partial charge in [-0.15, -0.1) is 11.3 Å². The van der Waals surface area contributed by atoms with Crippen molar-refractivity contribution in [3.05, 3.63) is 92.4 Å². The number of pyridine rings is 1. The van der Waals surface area contributed by atoms with Crippen molar-refractivity contribution in [2.75, 3.05) is 5.32 Å². The van der Waals surface area contributed by atoms with Crippen molar-refractivity contribution < 1.29 is 14.0 Å². The highest BCUT2D eigenvalue weighted by molar-refractivity contribution is 7.17. The van der Waals surface area contributed by atoms with Crippen LogP contribution in [0.25, 0.3) is 11.0 Å². The Hall–Kier alpha value is -3.78. The summed E-state index contributed by atoms with van der Waals surface area (Å²) in [5.74, 6) is -0.847. The van der Waals surface area contributed by atoms with Crippen molar-refractivity contribution >= 4 is 39.1 Å². The third kappa shape index (κ3) is 3.80. The first-order chi connectivity index (χ1) is 15.6. The molecule has 0 fully saturated rings. The summed E-state index contributed by atoms with van der Waals surface area (Å²) in [4.78, 5) is 43.5. The molecular weight excluding hydrogens is 426 g/mol. The van der Waals surface area contributed by atoms with Crippen LogP contribution in [0.1, 0.15) is 43.1 Å². The fraction of sp³-hybridized carbons (Fsp3) is 0.167. The zero-order valence-corrected chi connectivity index (χ0v) is 17.8. The topological polar surface area (TPSA) is 101 Å². The van der Waals surface area contributed by atoms with Gasteiger partial charge in [-0.05, 0) is 48.6 Å². The Labute approximate surface area is 187 Å². The first kappa shape index (κ1) is 20.1. The van der Waals surface area contributed by atoms with Crippen LogP contribution in [0.15, 0.2) is 64.1 Å². The summed E-state index contributed by atoms with van der Waals surface area (Å²) in [6, 6.07) is 12.2. The number of fused-ring (bicyclic) bond motifs is 2. The predicted octanol–water partition coefficient (Wildman–Crippen LogP) is 3.92. The summed E-state index contributed by atoms with van der Waals surface area (Å²) in [6.07, 6.45) is 6.01. The molecule has 5 rings (SSSR count). The molecule has 160 valence electrons. The number of amides is 2. The molecule has 1 aliphatic carbocycles. The van der Waals surface area contributed by atoms with Crippen molar-refractivity contribution in [3.8, 4) is 0 Å². The number of benzene rings is 1. The molecule has 0 bridgehead atoms. The smallest absolute Gasteiger partial charge is 0.349 e. The largest absolute Gasteiger partial charge is 0.422 e. The van der Waals surface area contributed by atoms with Gasteiger partial charge in [0.25, 0.3) is 11.8 Å². The van der Waals surface area contributed by atoms with E-state index in [9.17, 15) is 14.4 Å². The van der Waals surface area contributed by atoms with Gasteiger partial charge in [0.2, 0.25) is 0 Å². The van der Waals surface area contributed by atoms with Gasteiger partial charge in [-0.3, -0.25) is 14.6 Å². The first-order valence-electron chi connectivity index (χ1n) is 10.3. The van der Waals surface area contributed by atoms with Gasteiger partial charge in [0, 0.05) is 29.2 Å². The number of nitrogens with one attached hydrogen (secondary N) is 2. The standard InChI is InChI=1S/C24H19N3O4S/c28-21(17-11-15-6-1-2-8-18(15)31-24(17)30)27-23-20(16-7-3-9-19(16)32-23)22(29)26-13-14-5-4-10-25-12-14/h1-2,4-6,8,10-12H,3,7,9,13H2,(H,26,29)(H,27,28). The van der Waals surface area contributed by atoms with Crippen molar-refractivity contribution in [1.82, 2.24) is 10.3 Å². The Balaban J connectivity index is 1.43. The maximum atomic E-state index is 13.1. The van der Waals surface area contributed by atoms with E-state index in [2.05, 4.69) is 15.6 Å². The van der Waals surface area contributed by atoms with Gasteiger partial charge in [-0.2, -0.15) is 0 Å². The summed E-state index contributed by atoms with van der Waals surface area (Å²) in [5.41, 5.74) is 1.93. The van der Waals surface area contributed by atoms with Crippen LogP contribution in [0.2, 0.25) is 0 Å². The molecule has 1 aliphatic rings. The van der Waals surface area contributed by atoms with Gasteiger partial charge in [0.1, 0.15) is 16.1 Å². The maximum absolute atomic E-state index is 13.1. The zero-order chi connectivity index (χ0) is 22.1. The van der Waals surface area contributed by atoms with Crippen LogP contribution in [0.4, 0.5) is 5.00 Å². The van der Waals surface area contributed by atoms with Gasteiger partial charge in [0.05, 0.1) is 5.56 Å². The number of anilines is 1. The van der Waals surface area contributed by atoms with Crippen LogP contribution in [0.5, 0.6) is 0 Å². The lowest BCUT2D eigenvalue weighted by atomic mass is 10.1. The van der Waals surface area contributed by atoms with Crippen molar-refractivity contribution in [2.24, 2.45) is 0 Å². The highest BCUT2D eigenvalue weighted by Gasteiger charge is 2.28. The Morgan fingerprint density at radius 2 is 1.97 bits per heavy atom. The molecule has 0 atom stereocenters. The number of carbonyl (C=O) groups is 2. The first-order valence-corrected chi connectivity index (χ1v) is 11.1. The molecule has 0 spiro atoms. The SMILES string of the molecule is O=C(NCc1cccnc1)c1c(NC(=O)c2cc3ccccc3oc2=O)sc2c1CCC2. The fourth-order valence-corrected chi connectivity index (χ4v) is 5.18. The van der Waals surface area contributed by atoms with Crippen LogP contribution in [0, 0.1) is 0 Å². The van der Waals surface area contributed by atoms with Gasteiger partial charge < -0.3 is 15.1 Å². The second-order valence-electron chi connectivity index (χ2n) is 7.54. The third-order valence-electron chi connectivity index (χ3n) is 5.44. The summed E-state index contributed by atoms with van der Waals surface area (Å²) in [5, 5.41) is 6.81. The van der Waals surface area contributed by atoms with Crippen LogP contribution >= 0.6 is 11.3 Å². The van der Waals surface area contributed by atoms with Crippen molar-refractivity contribution in [3.63, 3.8) is 0 Å². The van der Waals surface area contributed by atoms with Gasteiger partial charge in [0.15, 0.2) is 0 Å². The molecule has 7 nitrogen and oxygen atoms in total. The summed E-state index contributed by atoms with van der Waals surface area (Å²) < 4.78 is 5.28. The number of rotatable bonds is 5. The number of aryl methyl sites for hydroxylation is 1. The fourth-order valence-electron chi connectivity index (χ4n) is 3.90. The highest BCUT2D eigenvalue weighted by atomic mass is 32.1. The molecule has 3 heterocycles. The molecule has 2 N–H and O–H groups in total. The predicted molar refractivity (Wildman–Crippen MR) is 122 cm³/mol. The molecule has 0 radical (unpaired) electrons. The van der Waals surface area contributed by atoms with E-state index >= 15 is 0 Å². The molecule has 4 aromatic rings. The Kier molecular flexibility index (Phi) is 5.28. The van der Waals surface area contributed by atoms with Gasteiger partial charge in [-0.1, -0.05) is 24.3 Å². The van der Waals surface area contributed by atoms with E-state index in [1.165, 1.54) is 17.4 Å². The lowest BCUT2D eigenvalue weighted by Crippen LogP contribution is -2.26. The van der Waals surface area contributed by atoms with E-state index in [0.29, 0.717) is 28.1 Å². The quantitative estimate of drug-likeness (QED) is 0.454. The number of para-hydroxylation sites is 1. The summed E-state index contributed by atoms with van der Waals surface area (Å²) in [7, 11) is 0. The average Bonchev–Trinajstić information content (AvgIpc) is 3.38. The number of hydrogen-bond acceptors (Lipinski definition) is 6. The summed E-state index contributed by atoms with van der Waals surface area (Å²) >= 11 is 1.39. The molecular formula is C24H19N3O4S. The second kappa shape index (κ2) is 8.39. The van der Waals surface area contributed by atoms with E-state index in [4.69, 9.17) is 4.42 Å². The Morgan fingerprint density at radius 3 is 2.81 bits per heavy atom. The lowest BCUT2D eigenvalue weighted by molar-refractivity contribution is 0.0951. The maximum Gasteiger partial charge on any atom is 0.349 e. The Morgan fingerprint density at radius 1 is 1.09 bits per heavy atom. The van der Waals surface area contributed by atoms with Crippen molar-refractivity contribution in [1.29, 1.82) is 0 Å². The zero-order valence-electron chi connectivity index (χ0n) is 17.0. The number of nitrogens with zero attached hydrogens (tertiary/aromatic N) is 1. The van der Waals surface area contributed by atoms with E-state index in [0.717, 1.165) is 35.3 Å². The molecule has 8 heteroatoms. The van der Waals surface area contributed by atoms with Crippen LogP contribution in [0.3, 0.4) is 0 Å². The van der Waals surface area contributed by atoms with Crippen LogP contribution in [-0.2, 0) is 19.4 Å². The van der Waals surface area contributed by atoms with Gasteiger partial charge in [-0.25, -0.2) is 4.79 Å². The Bertz CT molecular complexity index is 1390. The highest BCUT2D eigenvalue weighted by Crippen LogP contribution is 2.39. The minimum atomic E-state index is -0.715. The molecule has 0 aliphatic heterocycles. The third-order valence-corrected chi connectivity index (χ3v) is 6.64. The van der Waals surface area contributed by atoms with Crippen LogP contribution < -0.4 is 16.3 Å². The lowest BCUT2D eigenvalue weighted by Gasteiger charge is -2.09. The monoisotopic (exact) mass is 445 g/mol. The molecule has 1 aromatic carbocycles. The number of aromatic nitrogens is 1. The number of thiophene rings is 1. The molecule has 3 aromatic heterocycles. The number of hydrogen-bond donors (Lipinski definition) is 2. The molecule has 32 heavy (non-hydrogen) atoms. The van der Waals surface area contributed by atoms with E-state index < -0.39 is 11.5 Å². The van der Waals surface area contributed by atoms with E-state index in [-0.39, 0.29) is 11.5 Å². The minimum absolute atomic E-state index is 0.0982. The molecule has 0 saturated carbocycles. The molecule has 0 unspecified atom stereocenters. The van der Waals surface area contributed by atoms with Crippen LogP contribution in [-0.4, -0.2) is 16.8 Å². The average molecular weight is 446 g/mol. The molecule has 0 saturated heterocycles. The van der Waals surface area contributed by atoms with E-state index in [1.54, 1.807) is 36.7 Å². The van der Waals surface area contributed by atoms with E-state index in [1.807, 2.05) is 12.1 Å². The normalized spacial score (nSPS) is 12.5. The van der Waals surface area contributed by atoms with Crippen molar-refractivity contribution in [2.45, 2.75) is 25.8 Å². The molecule has 2 amide bonds. The van der Waals surface area contributed by atoms with Gasteiger partial charge >= 0.3 is 5.63 Å². The second-order valence-corrected chi connectivity index (χ2v) is 8.65. The summed E-state index contributed by atoms with van der Waals surface area (Å²) in [6.45, 7) is 0.332. The minimum Gasteiger partial charge on any atom is -0.422 e.